The third-order valence-electron chi connectivity index (χ3n) is 4.38. The van der Waals surface area contributed by atoms with Gasteiger partial charge in [0, 0.05) is 12.7 Å². The van der Waals surface area contributed by atoms with Crippen LogP contribution in [0.2, 0.25) is 0 Å². The van der Waals surface area contributed by atoms with Crippen molar-refractivity contribution in [2.24, 2.45) is 0 Å². The Morgan fingerprint density at radius 1 is 1.07 bits per heavy atom. The summed E-state index contributed by atoms with van der Waals surface area (Å²) in [6.07, 6.45) is 0. The maximum atomic E-state index is 12.9. The van der Waals surface area contributed by atoms with Crippen LogP contribution in [0.25, 0.3) is 10.9 Å². The predicted molar refractivity (Wildman–Crippen MR) is 112 cm³/mol. The summed E-state index contributed by atoms with van der Waals surface area (Å²) in [5, 5.41) is 1.03. The van der Waals surface area contributed by atoms with E-state index < -0.39 is 0 Å². The molecule has 0 aliphatic rings. The summed E-state index contributed by atoms with van der Waals surface area (Å²) in [7, 11) is 4.64. The molecule has 3 aromatic rings. The Labute approximate surface area is 172 Å². The van der Waals surface area contributed by atoms with Crippen molar-refractivity contribution in [3.8, 4) is 11.5 Å². The first-order chi connectivity index (χ1) is 14.1. The number of methoxy groups -OCH3 is 3. The van der Waals surface area contributed by atoms with Crippen molar-refractivity contribution in [2.45, 2.75) is 11.7 Å². The van der Waals surface area contributed by atoms with Crippen LogP contribution in [0.5, 0.6) is 11.5 Å². The van der Waals surface area contributed by atoms with E-state index in [-0.39, 0.29) is 17.1 Å². The standard InChI is InChI=1S/C21H22N2O5S/c1-26-11-10-23-20(25)15-6-4-5-7-16(15)22-21(23)29-13-17(24)14-8-9-18(27-2)19(12-14)28-3/h4-9,12H,10-11,13H2,1-3H3. The van der Waals surface area contributed by atoms with E-state index in [1.807, 2.05) is 6.07 Å². The van der Waals surface area contributed by atoms with Crippen molar-refractivity contribution in [3.05, 3.63) is 58.4 Å². The average molecular weight is 414 g/mol. The topological polar surface area (TPSA) is 79.7 Å². The number of ketones is 1. The fourth-order valence-corrected chi connectivity index (χ4v) is 3.78. The first-order valence-electron chi connectivity index (χ1n) is 8.95. The number of hydrogen-bond donors (Lipinski definition) is 0. The predicted octanol–water partition coefficient (Wildman–Crippen LogP) is 3.04. The van der Waals surface area contributed by atoms with Gasteiger partial charge in [0.25, 0.3) is 5.56 Å². The minimum absolute atomic E-state index is 0.100. The highest BCUT2D eigenvalue weighted by Crippen LogP contribution is 2.28. The van der Waals surface area contributed by atoms with Gasteiger partial charge >= 0.3 is 0 Å². The Morgan fingerprint density at radius 3 is 2.55 bits per heavy atom. The second-order valence-corrected chi connectivity index (χ2v) is 7.09. The molecule has 0 atom stereocenters. The van der Waals surface area contributed by atoms with Gasteiger partial charge in [-0.2, -0.15) is 0 Å². The van der Waals surface area contributed by atoms with Crippen LogP contribution in [0, 0.1) is 0 Å². The molecular formula is C21H22N2O5S. The molecule has 2 aromatic carbocycles. The number of thioether (sulfide) groups is 1. The zero-order valence-corrected chi connectivity index (χ0v) is 17.3. The van der Waals surface area contributed by atoms with Crippen molar-refractivity contribution < 1.29 is 19.0 Å². The minimum atomic E-state index is -0.145. The second-order valence-electron chi connectivity index (χ2n) is 6.14. The Morgan fingerprint density at radius 2 is 1.83 bits per heavy atom. The van der Waals surface area contributed by atoms with Crippen molar-refractivity contribution in [3.63, 3.8) is 0 Å². The number of Topliss-reactive ketones (excluding diaryl/α,β-unsaturated/α-hetero) is 1. The highest BCUT2D eigenvalue weighted by molar-refractivity contribution is 7.99. The van der Waals surface area contributed by atoms with E-state index in [1.54, 1.807) is 55.2 Å². The maximum Gasteiger partial charge on any atom is 0.262 e. The summed E-state index contributed by atoms with van der Waals surface area (Å²) < 4.78 is 17.1. The average Bonchev–Trinajstić information content (AvgIpc) is 2.76. The van der Waals surface area contributed by atoms with Crippen molar-refractivity contribution in [2.75, 3.05) is 33.7 Å². The van der Waals surface area contributed by atoms with Gasteiger partial charge in [-0.3, -0.25) is 14.2 Å². The number of rotatable bonds is 9. The van der Waals surface area contributed by atoms with Crippen molar-refractivity contribution >= 4 is 28.4 Å². The van der Waals surface area contributed by atoms with E-state index in [4.69, 9.17) is 14.2 Å². The highest BCUT2D eigenvalue weighted by Gasteiger charge is 2.15. The van der Waals surface area contributed by atoms with Crippen LogP contribution in [-0.2, 0) is 11.3 Å². The number of para-hydroxylation sites is 1. The lowest BCUT2D eigenvalue weighted by atomic mass is 10.1. The SMILES string of the molecule is COCCn1c(SCC(=O)c2ccc(OC)c(OC)c2)nc2ccccc2c1=O. The molecule has 8 heteroatoms. The van der Waals surface area contributed by atoms with Crippen molar-refractivity contribution in [1.29, 1.82) is 0 Å². The summed E-state index contributed by atoms with van der Waals surface area (Å²) in [5.74, 6) is 1.08. The van der Waals surface area contributed by atoms with Gasteiger partial charge in [0.1, 0.15) is 0 Å². The van der Waals surface area contributed by atoms with Gasteiger partial charge in [-0.1, -0.05) is 23.9 Å². The second kappa shape index (κ2) is 9.58. The first-order valence-corrected chi connectivity index (χ1v) is 9.94. The fraction of sp³-hybridized carbons (Fsp3) is 0.286. The van der Waals surface area contributed by atoms with E-state index in [1.165, 1.54) is 18.9 Å². The van der Waals surface area contributed by atoms with E-state index in [0.29, 0.717) is 46.3 Å². The lowest BCUT2D eigenvalue weighted by molar-refractivity contribution is 0.102. The zero-order valence-electron chi connectivity index (χ0n) is 16.5. The van der Waals surface area contributed by atoms with Crippen molar-refractivity contribution in [1.82, 2.24) is 9.55 Å². The van der Waals surface area contributed by atoms with Gasteiger partial charge in [0.05, 0.1) is 44.0 Å². The molecule has 0 saturated heterocycles. The quantitative estimate of drug-likeness (QED) is 0.302. The number of fused-ring (bicyclic) bond motifs is 1. The Balaban J connectivity index is 1.87. The molecular weight excluding hydrogens is 392 g/mol. The summed E-state index contributed by atoms with van der Waals surface area (Å²) in [6, 6.07) is 12.2. The normalized spacial score (nSPS) is 10.9. The number of carbonyl (C=O) groups excluding carboxylic acids is 1. The molecule has 29 heavy (non-hydrogen) atoms. The Hall–Kier alpha value is -2.84. The summed E-state index contributed by atoms with van der Waals surface area (Å²) >= 11 is 1.23. The number of aromatic nitrogens is 2. The van der Waals surface area contributed by atoms with E-state index in [0.717, 1.165) is 0 Å². The molecule has 0 aliphatic carbocycles. The molecule has 0 unspecified atom stereocenters. The first kappa shape index (κ1) is 20.9. The molecule has 152 valence electrons. The summed E-state index contributed by atoms with van der Waals surface area (Å²) in [6.45, 7) is 0.733. The van der Waals surface area contributed by atoms with Crippen LogP contribution in [-0.4, -0.2) is 49.0 Å². The van der Waals surface area contributed by atoms with Crippen LogP contribution in [0.4, 0.5) is 0 Å². The lowest BCUT2D eigenvalue weighted by Crippen LogP contribution is -2.25. The van der Waals surface area contributed by atoms with Gasteiger partial charge in [-0.05, 0) is 30.3 Å². The maximum absolute atomic E-state index is 12.9. The van der Waals surface area contributed by atoms with E-state index >= 15 is 0 Å². The summed E-state index contributed by atoms with van der Waals surface area (Å²) in [5.41, 5.74) is 0.961. The molecule has 1 aromatic heterocycles. The zero-order chi connectivity index (χ0) is 20.8. The highest BCUT2D eigenvalue weighted by atomic mass is 32.2. The Kier molecular flexibility index (Phi) is 6.90. The number of carbonyl (C=O) groups is 1. The fourth-order valence-electron chi connectivity index (χ4n) is 2.86. The molecule has 0 saturated carbocycles. The minimum Gasteiger partial charge on any atom is -0.493 e. The van der Waals surface area contributed by atoms with Gasteiger partial charge in [0.2, 0.25) is 0 Å². The molecule has 7 nitrogen and oxygen atoms in total. The largest absolute Gasteiger partial charge is 0.493 e. The lowest BCUT2D eigenvalue weighted by Gasteiger charge is -2.13. The third kappa shape index (κ3) is 4.60. The van der Waals surface area contributed by atoms with Crippen LogP contribution < -0.4 is 15.0 Å². The smallest absolute Gasteiger partial charge is 0.262 e. The third-order valence-corrected chi connectivity index (χ3v) is 5.36. The number of ether oxygens (including phenoxy) is 3. The van der Waals surface area contributed by atoms with Crippen LogP contribution in [0.15, 0.2) is 52.4 Å². The van der Waals surface area contributed by atoms with Crippen LogP contribution in [0.3, 0.4) is 0 Å². The molecule has 0 N–H and O–H groups in total. The number of hydrogen-bond acceptors (Lipinski definition) is 7. The Bertz CT molecular complexity index is 1080. The molecule has 0 aliphatic heterocycles. The molecule has 0 bridgehead atoms. The molecule has 0 amide bonds. The van der Waals surface area contributed by atoms with Gasteiger partial charge in [-0.15, -0.1) is 0 Å². The van der Waals surface area contributed by atoms with E-state index in [2.05, 4.69) is 4.98 Å². The van der Waals surface area contributed by atoms with Gasteiger partial charge in [0.15, 0.2) is 22.4 Å². The van der Waals surface area contributed by atoms with Gasteiger partial charge < -0.3 is 14.2 Å². The molecule has 3 rings (SSSR count). The molecule has 0 radical (unpaired) electrons. The number of benzene rings is 2. The number of nitrogens with zero attached hydrogens (tertiary/aromatic N) is 2. The molecule has 0 spiro atoms. The van der Waals surface area contributed by atoms with Crippen LogP contribution in [0.1, 0.15) is 10.4 Å². The molecule has 0 fully saturated rings. The monoisotopic (exact) mass is 414 g/mol. The van der Waals surface area contributed by atoms with Gasteiger partial charge in [-0.25, -0.2) is 4.98 Å². The van der Waals surface area contributed by atoms with Crippen LogP contribution >= 0.6 is 11.8 Å². The molecule has 1 heterocycles. The summed E-state index contributed by atoms with van der Waals surface area (Å²) in [4.78, 5) is 30.2. The van der Waals surface area contributed by atoms with E-state index in [9.17, 15) is 9.59 Å².